The number of H-pyrrole nitrogens is 2. The smallest absolute Gasteiger partial charge is 0.123 e. The second-order valence-electron chi connectivity index (χ2n) is 7.59. The van der Waals surface area contributed by atoms with Gasteiger partial charge in [-0.15, -0.1) is 22.7 Å². The van der Waals surface area contributed by atoms with Crippen molar-refractivity contribution in [2.24, 2.45) is 0 Å². The highest BCUT2D eigenvalue weighted by Gasteiger charge is 2.20. The van der Waals surface area contributed by atoms with Crippen molar-refractivity contribution in [1.82, 2.24) is 30.6 Å². The van der Waals surface area contributed by atoms with Crippen molar-refractivity contribution in [3.05, 3.63) is 48.3 Å². The van der Waals surface area contributed by atoms with Gasteiger partial charge in [0.25, 0.3) is 0 Å². The van der Waals surface area contributed by atoms with Crippen molar-refractivity contribution in [2.75, 3.05) is 13.6 Å². The van der Waals surface area contributed by atoms with Crippen LogP contribution in [-0.4, -0.2) is 33.5 Å². The van der Waals surface area contributed by atoms with Gasteiger partial charge in [-0.2, -0.15) is 0 Å². The fraction of sp³-hybridized carbons (Fsp3) is 0.364. The monoisotopic (exact) mass is 438 g/mol. The van der Waals surface area contributed by atoms with Crippen LogP contribution in [0.4, 0.5) is 0 Å². The predicted molar refractivity (Wildman–Crippen MR) is 125 cm³/mol. The Bertz CT molecular complexity index is 1030. The van der Waals surface area contributed by atoms with E-state index in [4.69, 9.17) is 0 Å². The van der Waals surface area contributed by atoms with E-state index in [-0.39, 0.29) is 6.04 Å². The Balaban J connectivity index is 1.34. The van der Waals surface area contributed by atoms with Crippen LogP contribution < -0.4 is 10.6 Å². The van der Waals surface area contributed by atoms with Gasteiger partial charge in [0.05, 0.1) is 45.6 Å². The van der Waals surface area contributed by atoms with Crippen molar-refractivity contribution >= 4 is 22.7 Å². The van der Waals surface area contributed by atoms with E-state index >= 15 is 0 Å². The van der Waals surface area contributed by atoms with Crippen LogP contribution >= 0.6 is 22.7 Å². The van der Waals surface area contributed by atoms with E-state index in [1.54, 1.807) is 22.7 Å². The maximum atomic E-state index is 4.61. The van der Waals surface area contributed by atoms with Gasteiger partial charge in [0.15, 0.2) is 0 Å². The van der Waals surface area contributed by atoms with Gasteiger partial charge in [-0.3, -0.25) is 0 Å². The average molecular weight is 439 g/mol. The van der Waals surface area contributed by atoms with Crippen LogP contribution in [0, 0.1) is 0 Å². The van der Waals surface area contributed by atoms with Gasteiger partial charge in [0.1, 0.15) is 11.6 Å². The minimum Gasteiger partial charge on any atom is -0.340 e. The summed E-state index contributed by atoms with van der Waals surface area (Å²) in [6.45, 7) is 3.24. The Morgan fingerprint density at radius 2 is 1.67 bits per heavy atom. The summed E-state index contributed by atoms with van der Waals surface area (Å²) in [6, 6.07) is 9.40. The lowest BCUT2D eigenvalue weighted by molar-refractivity contribution is 0.550. The molecule has 8 heteroatoms. The summed E-state index contributed by atoms with van der Waals surface area (Å²) in [4.78, 5) is 21.1. The molecule has 0 amide bonds. The summed E-state index contributed by atoms with van der Waals surface area (Å²) in [6.07, 6.45) is 7.28. The molecule has 156 valence electrons. The third-order valence-electron chi connectivity index (χ3n) is 5.65. The summed E-state index contributed by atoms with van der Waals surface area (Å²) < 4.78 is 0. The highest BCUT2D eigenvalue weighted by atomic mass is 32.1. The molecule has 0 bridgehead atoms. The van der Waals surface area contributed by atoms with Crippen molar-refractivity contribution in [3.63, 3.8) is 0 Å². The fourth-order valence-electron chi connectivity index (χ4n) is 3.96. The Hall–Kier alpha value is -2.26. The summed E-state index contributed by atoms with van der Waals surface area (Å²) in [5, 5.41) is 6.80. The quantitative estimate of drug-likeness (QED) is 0.313. The molecule has 1 aliphatic rings. The zero-order valence-corrected chi connectivity index (χ0v) is 18.8. The first-order valence-corrected chi connectivity index (χ1v) is 12.1. The fourth-order valence-corrected chi connectivity index (χ4v) is 5.99. The lowest BCUT2D eigenvalue weighted by Gasteiger charge is -2.09. The Morgan fingerprint density at radius 3 is 2.30 bits per heavy atom. The van der Waals surface area contributed by atoms with Crippen LogP contribution in [0.5, 0.6) is 0 Å². The molecule has 0 spiro atoms. The molecule has 6 nitrogen and oxygen atoms in total. The summed E-state index contributed by atoms with van der Waals surface area (Å²) >= 11 is 3.60. The van der Waals surface area contributed by atoms with E-state index in [1.807, 2.05) is 19.4 Å². The van der Waals surface area contributed by atoms with Crippen molar-refractivity contribution < 1.29 is 0 Å². The molecule has 1 aliphatic heterocycles. The zero-order valence-electron chi connectivity index (χ0n) is 17.2. The van der Waals surface area contributed by atoms with Crippen molar-refractivity contribution in [3.8, 4) is 30.9 Å². The molecule has 4 N–H and O–H groups in total. The van der Waals surface area contributed by atoms with E-state index in [0.29, 0.717) is 6.04 Å². The third-order valence-corrected chi connectivity index (χ3v) is 8.09. The average Bonchev–Trinajstić information content (AvgIpc) is 3.58. The Labute approximate surface area is 184 Å². The van der Waals surface area contributed by atoms with Gasteiger partial charge in [-0.05, 0) is 57.1 Å². The van der Waals surface area contributed by atoms with Gasteiger partial charge in [-0.1, -0.05) is 6.92 Å². The van der Waals surface area contributed by atoms with Crippen molar-refractivity contribution in [2.45, 2.75) is 38.3 Å². The molecule has 5 heterocycles. The van der Waals surface area contributed by atoms with E-state index in [0.717, 1.165) is 42.4 Å². The minimum absolute atomic E-state index is 0.261. The lowest BCUT2D eigenvalue weighted by Crippen LogP contribution is -2.16. The number of imidazole rings is 2. The van der Waals surface area contributed by atoms with Gasteiger partial charge in [0, 0.05) is 9.75 Å². The highest BCUT2D eigenvalue weighted by Crippen LogP contribution is 2.40. The Kier molecular flexibility index (Phi) is 5.56. The van der Waals surface area contributed by atoms with Gasteiger partial charge < -0.3 is 20.6 Å². The van der Waals surface area contributed by atoms with Gasteiger partial charge >= 0.3 is 0 Å². The zero-order chi connectivity index (χ0) is 20.5. The first-order chi connectivity index (χ1) is 14.7. The molecule has 0 radical (unpaired) electrons. The predicted octanol–water partition coefficient (Wildman–Crippen LogP) is 5.35. The van der Waals surface area contributed by atoms with Crippen LogP contribution in [0.15, 0.2) is 36.7 Å². The summed E-state index contributed by atoms with van der Waals surface area (Å²) in [5.74, 6) is 2.05. The molecule has 0 aliphatic carbocycles. The first-order valence-electron chi connectivity index (χ1n) is 10.5. The van der Waals surface area contributed by atoms with E-state index in [9.17, 15) is 0 Å². The van der Waals surface area contributed by atoms with E-state index in [2.05, 4.69) is 61.8 Å². The molecule has 0 saturated carbocycles. The standard InChI is InChI=1S/C22H26N6S2/c1-3-13(23-2)21-25-11-15(27-21)17-6-8-19(29-17)20-9-7-18(30-20)16-12-26-22(28-16)14-5-4-10-24-14/h6-9,11-14,23-24H,3-5,10H2,1-2H3,(H,25,27)(H,26,28)/t13-,14-/m1/s1. The number of aromatic nitrogens is 4. The number of thiophene rings is 2. The summed E-state index contributed by atoms with van der Waals surface area (Å²) in [5.41, 5.74) is 2.18. The number of hydrogen-bond acceptors (Lipinski definition) is 6. The molecule has 4 aromatic heterocycles. The second-order valence-corrected chi connectivity index (χ2v) is 9.76. The van der Waals surface area contributed by atoms with Crippen LogP contribution in [0.3, 0.4) is 0 Å². The molecule has 1 fully saturated rings. The number of aromatic amines is 2. The normalized spacial score (nSPS) is 17.6. The maximum Gasteiger partial charge on any atom is 0.123 e. The van der Waals surface area contributed by atoms with E-state index < -0.39 is 0 Å². The molecule has 1 saturated heterocycles. The lowest BCUT2D eigenvalue weighted by atomic mass is 10.2. The highest BCUT2D eigenvalue weighted by molar-refractivity contribution is 7.25. The van der Waals surface area contributed by atoms with E-state index in [1.165, 1.54) is 25.9 Å². The SMILES string of the molecule is CC[C@@H](NC)c1ncc(-c2ccc(-c3ccc(-c4cnc([C@H]5CCCN5)[nH]4)s3)s2)[nH]1. The molecule has 0 aromatic carbocycles. The molecule has 5 rings (SSSR count). The van der Waals surface area contributed by atoms with Crippen LogP contribution in [0.1, 0.15) is 49.9 Å². The number of rotatable bonds is 7. The molecule has 2 atom stereocenters. The van der Waals surface area contributed by atoms with Crippen molar-refractivity contribution in [1.29, 1.82) is 0 Å². The van der Waals surface area contributed by atoms with Gasteiger partial charge in [0.2, 0.25) is 0 Å². The maximum absolute atomic E-state index is 4.61. The number of hydrogen-bond donors (Lipinski definition) is 4. The molecular formula is C22H26N6S2. The third kappa shape index (κ3) is 3.76. The number of nitrogens with zero attached hydrogens (tertiary/aromatic N) is 2. The van der Waals surface area contributed by atoms with Gasteiger partial charge in [-0.25, -0.2) is 9.97 Å². The minimum atomic E-state index is 0.261. The first kappa shape index (κ1) is 19.7. The van der Waals surface area contributed by atoms with Crippen LogP contribution in [0.25, 0.3) is 30.9 Å². The van der Waals surface area contributed by atoms with Crippen LogP contribution in [0.2, 0.25) is 0 Å². The topological polar surface area (TPSA) is 81.4 Å². The molecule has 30 heavy (non-hydrogen) atoms. The molecule has 0 unspecified atom stereocenters. The Morgan fingerprint density at radius 1 is 1.00 bits per heavy atom. The summed E-state index contributed by atoms with van der Waals surface area (Å²) in [7, 11) is 1.97. The number of nitrogens with one attached hydrogen (secondary N) is 4. The largest absolute Gasteiger partial charge is 0.340 e. The van der Waals surface area contributed by atoms with Crippen LogP contribution in [-0.2, 0) is 0 Å². The molecule has 4 aromatic rings. The second kappa shape index (κ2) is 8.47. The molecular weight excluding hydrogens is 412 g/mol.